The first-order valence-electron chi connectivity index (χ1n) is 8.59. The SMILES string of the molecule is O=C(O)[C@@H]1CCCN1C(=O)c1ccc(=O)n(CCOc2ccccc2Cl)c1. The third-order valence-corrected chi connectivity index (χ3v) is 4.77. The van der Waals surface area contributed by atoms with Crippen molar-refractivity contribution in [2.24, 2.45) is 0 Å². The first-order valence-corrected chi connectivity index (χ1v) is 8.97. The number of hydrogen-bond donors (Lipinski definition) is 1. The van der Waals surface area contributed by atoms with Crippen LogP contribution in [0.2, 0.25) is 5.02 Å². The molecule has 142 valence electrons. The van der Waals surface area contributed by atoms with E-state index in [0.717, 1.165) is 0 Å². The Balaban J connectivity index is 1.70. The molecule has 1 aliphatic rings. The van der Waals surface area contributed by atoms with Crippen LogP contribution >= 0.6 is 11.6 Å². The number of aliphatic carboxylic acids is 1. The average Bonchev–Trinajstić information content (AvgIpc) is 3.14. The zero-order chi connectivity index (χ0) is 19.4. The van der Waals surface area contributed by atoms with Crippen molar-refractivity contribution in [3.63, 3.8) is 0 Å². The second-order valence-corrected chi connectivity index (χ2v) is 6.63. The summed E-state index contributed by atoms with van der Waals surface area (Å²) >= 11 is 6.02. The summed E-state index contributed by atoms with van der Waals surface area (Å²) in [4.78, 5) is 37.4. The van der Waals surface area contributed by atoms with Crippen LogP contribution in [0.4, 0.5) is 0 Å². The van der Waals surface area contributed by atoms with Gasteiger partial charge in [0.25, 0.3) is 11.5 Å². The fourth-order valence-electron chi connectivity index (χ4n) is 3.08. The summed E-state index contributed by atoms with van der Waals surface area (Å²) in [7, 11) is 0. The Morgan fingerprint density at radius 1 is 1.22 bits per heavy atom. The number of pyridine rings is 1. The first-order chi connectivity index (χ1) is 13.0. The highest BCUT2D eigenvalue weighted by atomic mass is 35.5. The van der Waals surface area contributed by atoms with Crippen molar-refractivity contribution < 1.29 is 19.4 Å². The predicted molar refractivity (Wildman–Crippen MR) is 99.3 cm³/mol. The number of benzene rings is 1. The second-order valence-electron chi connectivity index (χ2n) is 6.22. The molecule has 1 fully saturated rings. The molecule has 27 heavy (non-hydrogen) atoms. The maximum absolute atomic E-state index is 12.7. The Labute approximate surface area is 160 Å². The van der Waals surface area contributed by atoms with E-state index in [1.807, 2.05) is 0 Å². The Kier molecular flexibility index (Phi) is 5.81. The van der Waals surface area contributed by atoms with Crippen LogP contribution in [0.5, 0.6) is 5.75 Å². The Morgan fingerprint density at radius 3 is 2.74 bits per heavy atom. The van der Waals surface area contributed by atoms with Crippen LogP contribution in [0.3, 0.4) is 0 Å². The van der Waals surface area contributed by atoms with Crippen LogP contribution in [0, 0.1) is 0 Å². The number of amides is 1. The molecule has 0 spiro atoms. The summed E-state index contributed by atoms with van der Waals surface area (Å²) in [6.07, 6.45) is 2.53. The number of aromatic nitrogens is 1. The van der Waals surface area contributed by atoms with Gasteiger partial charge in [-0.05, 0) is 31.0 Å². The minimum absolute atomic E-state index is 0.197. The number of carbonyl (C=O) groups excluding carboxylic acids is 1. The van der Waals surface area contributed by atoms with Crippen LogP contribution in [0.15, 0.2) is 47.4 Å². The summed E-state index contributed by atoms with van der Waals surface area (Å²) in [5.41, 5.74) is 0.00556. The van der Waals surface area contributed by atoms with Crippen LogP contribution in [0.1, 0.15) is 23.2 Å². The van der Waals surface area contributed by atoms with Gasteiger partial charge in [0.2, 0.25) is 0 Å². The molecular formula is C19H19ClN2O5. The van der Waals surface area contributed by atoms with Gasteiger partial charge in [0.05, 0.1) is 17.1 Å². The number of nitrogens with zero attached hydrogens (tertiary/aromatic N) is 2. The Hall–Kier alpha value is -2.80. The van der Waals surface area contributed by atoms with E-state index >= 15 is 0 Å². The highest BCUT2D eigenvalue weighted by Gasteiger charge is 2.34. The third-order valence-electron chi connectivity index (χ3n) is 4.46. The molecule has 3 rings (SSSR count). The standard InChI is InChI=1S/C19H19ClN2O5/c20-14-4-1-2-6-16(14)27-11-10-21-12-13(7-8-17(21)23)18(24)22-9-3-5-15(22)19(25)26/h1-2,4,6-8,12,15H,3,5,9-11H2,(H,25,26)/t15-/m0/s1. The number of carboxylic acids is 1. The van der Waals surface area contributed by atoms with Gasteiger partial charge in [-0.25, -0.2) is 4.79 Å². The van der Waals surface area contributed by atoms with Crippen LogP contribution in [0.25, 0.3) is 0 Å². The normalized spacial score (nSPS) is 16.3. The fraction of sp³-hybridized carbons (Fsp3) is 0.316. The maximum atomic E-state index is 12.7. The smallest absolute Gasteiger partial charge is 0.326 e. The summed E-state index contributed by atoms with van der Waals surface area (Å²) in [6.45, 7) is 0.820. The van der Waals surface area contributed by atoms with Crippen LogP contribution in [-0.2, 0) is 11.3 Å². The fourth-order valence-corrected chi connectivity index (χ4v) is 3.27. The minimum Gasteiger partial charge on any atom is -0.490 e. The number of hydrogen-bond acceptors (Lipinski definition) is 4. The van der Waals surface area contributed by atoms with E-state index in [0.29, 0.717) is 30.2 Å². The lowest BCUT2D eigenvalue weighted by atomic mass is 10.2. The molecule has 0 bridgehead atoms. The molecule has 1 aromatic carbocycles. The molecule has 1 aromatic heterocycles. The zero-order valence-corrected chi connectivity index (χ0v) is 15.3. The van der Waals surface area contributed by atoms with Crippen molar-refractivity contribution in [1.82, 2.24) is 9.47 Å². The third kappa shape index (κ3) is 4.31. The largest absolute Gasteiger partial charge is 0.490 e. The molecule has 0 saturated carbocycles. The molecule has 0 radical (unpaired) electrons. The van der Waals surface area contributed by atoms with Gasteiger partial charge >= 0.3 is 5.97 Å². The van der Waals surface area contributed by atoms with Gasteiger partial charge in [-0.15, -0.1) is 0 Å². The van der Waals surface area contributed by atoms with Crippen LogP contribution < -0.4 is 10.3 Å². The summed E-state index contributed by atoms with van der Waals surface area (Å²) in [5.74, 6) is -0.885. The first kappa shape index (κ1) is 19.0. The number of para-hydroxylation sites is 1. The van der Waals surface area contributed by atoms with E-state index in [9.17, 15) is 19.5 Å². The molecular weight excluding hydrogens is 372 g/mol. The summed E-state index contributed by atoms with van der Waals surface area (Å²) in [5, 5.41) is 9.72. The zero-order valence-electron chi connectivity index (χ0n) is 14.5. The van der Waals surface area contributed by atoms with Crippen LogP contribution in [-0.4, -0.2) is 45.6 Å². The van der Waals surface area contributed by atoms with E-state index in [-0.39, 0.29) is 30.2 Å². The number of halogens is 1. The lowest BCUT2D eigenvalue weighted by Crippen LogP contribution is -2.40. The molecule has 0 aliphatic carbocycles. The number of rotatable bonds is 6. The van der Waals surface area contributed by atoms with Gasteiger partial charge in [-0.2, -0.15) is 0 Å². The molecule has 8 heteroatoms. The highest BCUT2D eigenvalue weighted by Crippen LogP contribution is 2.23. The second kappa shape index (κ2) is 8.26. The molecule has 1 N–H and O–H groups in total. The van der Waals surface area contributed by atoms with Gasteiger partial charge in [-0.1, -0.05) is 23.7 Å². The predicted octanol–water partition coefficient (Wildman–Crippen LogP) is 2.27. The number of carboxylic acid groups (broad SMARTS) is 1. The molecule has 1 amide bonds. The van der Waals surface area contributed by atoms with Crippen molar-refractivity contribution in [3.8, 4) is 5.75 Å². The summed E-state index contributed by atoms with van der Waals surface area (Å²) in [6, 6.07) is 8.92. The molecule has 7 nitrogen and oxygen atoms in total. The topological polar surface area (TPSA) is 88.8 Å². The van der Waals surface area contributed by atoms with Gasteiger partial charge < -0.3 is 19.3 Å². The highest BCUT2D eigenvalue weighted by molar-refractivity contribution is 6.32. The average molecular weight is 391 g/mol. The van der Waals surface area contributed by atoms with E-state index in [2.05, 4.69) is 0 Å². The quantitative estimate of drug-likeness (QED) is 0.817. The lowest BCUT2D eigenvalue weighted by molar-refractivity contribution is -0.141. The van der Waals surface area contributed by atoms with Gasteiger partial charge in [0.1, 0.15) is 18.4 Å². The van der Waals surface area contributed by atoms with E-state index in [1.165, 1.54) is 27.8 Å². The van der Waals surface area contributed by atoms with Gasteiger partial charge in [-0.3, -0.25) is 9.59 Å². The van der Waals surface area contributed by atoms with E-state index < -0.39 is 12.0 Å². The Bertz CT molecular complexity index is 911. The maximum Gasteiger partial charge on any atom is 0.326 e. The van der Waals surface area contributed by atoms with Crippen molar-refractivity contribution in [2.45, 2.75) is 25.4 Å². The van der Waals surface area contributed by atoms with Crippen molar-refractivity contribution in [2.75, 3.05) is 13.2 Å². The molecule has 1 saturated heterocycles. The molecule has 0 unspecified atom stereocenters. The van der Waals surface area contributed by atoms with E-state index in [1.54, 1.807) is 24.3 Å². The number of likely N-dealkylation sites (tertiary alicyclic amines) is 1. The molecule has 1 aliphatic heterocycles. The number of carbonyl (C=O) groups is 2. The lowest BCUT2D eigenvalue weighted by Gasteiger charge is -2.21. The molecule has 2 heterocycles. The summed E-state index contributed by atoms with van der Waals surface area (Å²) < 4.78 is 6.95. The number of ether oxygens (including phenoxy) is 1. The van der Waals surface area contributed by atoms with Crippen molar-refractivity contribution in [3.05, 3.63) is 63.5 Å². The van der Waals surface area contributed by atoms with Gasteiger partial charge in [0, 0.05) is 18.8 Å². The molecule has 1 atom stereocenters. The molecule has 2 aromatic rings. The Morgan fingerprint density at radius 2 is 2.00 bits per heavy atom. The van der Waals surface area contributed by atoms with E-state index in [4.69, 9.17) is 16.3 Å². The monoisotopic (exact) mass is 390 g/mol. The van der Waals surface area contributed by atoms with Crippen molar-refractivity contribution >= 4 is 23.5 Å². The van der Waals surface area contributed by atoms with Gasteiger partial charge in [0.15, 0.2) is 0 Å². The minimum atomic E-state index is -1.01. The van der Waals surface area contributed by atoms with Crippen molar-refractivity contribution in [1.29, 1.82) is 0 Å².